The van der Waals surface area contributed by atoms with Crippen molar-refractivity contribution in [3.63, 3.8) is 0 Å². The molecule has 3 aromatic carbocycles. The number of non-ortho nitro benzene ring substituents is 1. The number of hydrogen-bond donors (Lipinski definition) is 0. The quantitative estimate of drug-likeness (QED) is 0.164. The van der Waals surface area contributed by atoms with Crippen LogP contribution in [0.1, 0.15) is 21.5 Å². The van der Waals surface area contributed by atoms with Crippen LogP contribution in [0.15, 0.2) is 77.4 Å². The number of aliphatic imine (C=N–C) groups is 1. The molecule has 4 rings (SSSR count). The summed E-state index contributed by atoms with van der Waals surface area (Å²) in [7, 11) is 1.41. The number of benzene rings is 3. The first-order valence-electron chi connectivity index (χ1n) is 9.78. The highest BCUT2D eigenvalue weighted by atomic mass is 35.5. The van der Waals surface area contributed by atoms with Crippen molar-refractivity contribution < 1.29 is 28.7 Å². The van der Waals surface area contributed by atoms with E-state index in [1.54, 1.807) is 42.5 Å². The van der Waals surface area contributed by atoms with Crippen LogP contribution in [0.25, 0.3) is 6.08 Å². The summed E-state index contributed by atoms with van der Waals surface area (Å²) in [6.07, 6.45) is 1.44. The van der Waals surface area contributed by atoms with Gasteiger partial charge in [-0.05, 0) is 42.0 Å². The smallest absolute Gasteiger partial charge is 0.363 e. The molecule has 1 heterocycles. The molecule has 0 aliphatic carbocycles. The minimum atomic E-state index is -0.754. The Hall–Kier alpha value is -4.50. The van der Waals surface area contributed by atoms with Crippen LogP contribution in [-0.2, 0) is 9.53 Å². The summed E-state index contributed by atoms with van der Waals surface area (Å²) in [5.41, 5.74) is 0.743. The van der Waals surface area contributed by atoms with Gasteiger partial charge in [-0.2, -0.15) is 0 Å². The molecule has 0 unspecified atom stereocenters. The number of hydrogen-bond acceptors (Lipinski definition) is 8. The summed E-state index contributed by atoms with van der Waals surface area (Å²) in [6.45, 7) is 0. The van der Waals surface area contributed by atoms with Crippen LogP contribution >= 0.6 is 11.6 Å². The second-order valence-corrected chi connectivity index (χ2v) is 7.33. The molecule has 3 aromatic rings. The number of nitrogens with zero attached hydrogens (tertiary/aromatic N) is 2. The van der Waals surface area contributed by atoms with E-state index < -0.39 is 16.9 Å². The third-order valence-electron chi connectivity index (χ3n) is 4.71. The summed E-state index contributed by atoms with van der Waals surface area (Å²) < 4.78 is 15.9. The van der Waals surface area contributed by atoms with Gasteiger partial charge in [-0.15, -0.1) is 0 Å². The number of nitro groups is 1. The molecule has 0 amide bonds. The van der Waals surface area contributed by atoms with Crippen LogP contribution in [-0.4, -0.2) is 29.9 Å². The van der Waals surface area contributed by atoms with Gasteiger partial charge >= 0.3 is 11.9 Å². The number of nitro benzene ring substituents is 1. The standard InChI is InChI=1S/C24H15ClN2O7/c1-32-21-12-14(7-10-20(21)33-23(28)15-5-3-2-4-6-15)11-19-24(29)34-22(26-19)17-13-16(27(30)31)8-9-18(17)25/h2-13H,1H3/b19-11-. The Labute approximate surface area is 198 Å². The van der Waals surface area contributed by atoms with E-state index in [1.807, 2.05) is 0 Å². The SMILES string of the molecule is COc1cc(/C=C2\N=C(c3cc([N+](=O)[O-])ccc3Cl)OC2=O)ccc1OC(=O)c1ccccc1. The van der Waals surface area contributed by atoms with Crippen molar-refractivity contribution >= 4 is 41.2 Å². The maximum absolute atomic E-state index is 12.3. The topological polar surface area (TPSA) is 117 Å². The number of esters is 2. The van der Waals surface area contributed by atoms with Gasteiger partial charge in [0, 0.05) is 12.1 Å². The summed E-state index contributed by atoms with van der Waals surface area (Å²) in [5, 5.41) is 11.2. The van der Waals surface area contributed by atoms with E-state index in [0.29, 0.717) is 11.1 Å². The van der Waals surface area contributed by atoms with Crippen LogP contribution in [0.4, 0.5) is 5.69 Å². The molecule has 1 aliphatic rings. The molecule has 0 bridgehead atoms. The first kappa shape index (κ1) is 22.7. The summed E-state index contributed by atoms with van der Waals surface area (Å²) in [4.78, 5) is 39.3. The predicted octanol–water partition coefficient (Wildman–Crippen LogP) is 4.82. The Morgan fingerprint density at radius 3 is 2.56 bits per heavy atom. The van der Waals surface area contributed by atoms with E-state index in [9.17, 15) is 19.7 Å². The normalized spacial score (nSPS) is 13.9. The van der Waals surface area contributed by atoms with E-state index in [4.69, 9.17) is 25.8 Å². The maximum atomic E-state index is 12.3. The molecule has 0 radical (unpaired) electrons. The number of rotatable bonds is 6. The number of halogens is 1. The highest BCUT2D eigenvalue weighted by molar-refractivity contribution is 6.34. The van der Waals surface area contributed by atoms with Crippen molar-refractivity contribution in [2.24, 2.45) is 4.99 Å². The molecular weight excluding hydrogens is 464 g/mol. The molecule has 34 heavy (non-hydrogen) atoms. The fourth-order valence-electron chi connectivity index (χ4n) is 3.06. The van der Waals surface area contributed by atoms with Gasteiger partial charge in [0.1, 0.15) is 0 Å². The van der Waals surface area contributed by atoms with Crippen molar-refractivity contribution in [2.75, 3.05) is 7.11 Å². The first-order chi connectivity index (χ1) is 16.4. The fraction of sp³-hybridized carbons (Fsp3) is 0.0417. The lowest BCUT2D eigenvalue weighted by Gasteiger charge is -2.10. The number of ether oxygens (including phenoxy) is 3. The average Bonchev–Trinajstić information content (AvgIpc) is 3.20. The summed E-state index contributed by atoms with van der Waals surface area (Å²) in [6, 6.07) is 16.9. The Balaban J connectivity index is 1.61. The van der Waals surface area contributed by atoms with Crippen LogP contribution < -0.4 is 9.47 Å². The van der Waals surface area contributed by atoms with Gasteiger partial charge in [-0.3, -0.25) is 10.1 Å². The molecule has 0 spiro atoms. The van der Waals surface area contributed by atoms with Gasteiger partial charge in [0.2, 0.25) is 5.90 Å². The zero-order valence-electron chi connectivity index (χ0n) is 17.6. The van der Waals surface area contributed by atoms with Crippen molar-refractivity contribution in [3.8, 4) is 11.5 Å². The molecule has 0 saturated heterocycles. The number of methoxy groups -OCH3 is 1. The molecular formula is C24H15ClN2O7. The minimum absolute atomic E-state index is 0.0475. The lowest BCUT2D eigenvalue weighted by Crippen LogP contribution is -2.09. The van der Waals surface area contributed by atoms with E-state index >= 15 is 0 Å². The Morgan fingerprint density at radius 2 is 1.85 bits per heavy atom. The van der Waals surface area contributed by atoms with E-state index in [1.165, 1.54) is 37.5 Å². The van der Waals surface area contributed by atoms with E-state index in [2.05, 4.69) is 4.99 Å². The molecule has 0 aromatic heterocycles. The van der Waals surface area contributed by atoms with Crippen LogP contribution in [0.3, 0.4) is 0 Å². The highest BCUT2D eigenvalue weighted by Gasteiger charge is 2.27. The van der Waals surface area contributed by atoms with Crippen LogP contribution in [0.2, 0.25) is 5.02 Å². The molecule has 0 fully saturated rings. The first-order valence-corrected chi connectivity index (χ1v) is 10.2. The maximum Gasteiger partial charge on any atom is 0.363 e. The average molecular weight is 479 g/mol. The molecule has 0 saturated carbocycles. The zero-order valence-corrected chi connectivity index (χ0v) is 18.3. The van der Waals surface area contributed by atoms with E-state index in [-0.39, 0.29) is 39.4 Å². The molecule has 170 valence electrons. The van der Waals surface area contributed by atoms with Gasteiger partial charge in [0.25, 0.3) is 5.69 Å². The third kappa shape index (κ3) is 4.79. The minimum Gasteiger partial charge on any atom is -0.493 e. The van der Waals surface area contributed by atoms with Gasteiger partial charge in [0.05, 0.1) is 28.2 Å². The van der Waals surface area contributed by atoms with Crippen molar-refractivity contribution in [3.05, 3.63) is 104 Å². The lowest BCUT2D eigenvalue weighted by atomic mass is 10.1. The monoisotopic (exact) mass is 478 g/mol. The second kappa shape index (κ2) is 9.55. The van der Waals surface area contributed by atoms with Crippen molar-refractivity contribution in [2.45, 2.75) is 0 Å². The Kier molecular flexibility index (Phi) is 6.37. The highest BCUT2D eigenvalue weighted by Crippen LogP contribution is 2.31. The summed E-state index contributed by atoms with van der Waals surface area (Å²) in [5.74, 6) is -0.995. The number of carbonyl (C=O) groups excluding carboxylic acids is 2. The van der Waals surface area contributed by atoms with Gasteiger partial charge in [-0.25, -0.2) is 14.6 Å². The largest absolute Gasteiger partial charge is 0.493 e. The lowest BCUT2D eigenvalue weighted by molar-refractivity contribution is -0.384. The van der Waals surface area contributed by atoms with Gasteiger partial charge in [0.15, 0.2) is 17.2 Å². The van der Waals surface area contributed by atoms with Gasteiger partial charge < -0.3 is 14.2 Å². The number of carbonyl (C=O) groups is 2. The third-order valence-corrected chi connectivity index (χ3v) is 5.04. The molecule has 0 N–H and O–H groups in total. The molecule has 0 atom stereocenters. The zero-order chi connectivity index (χ0) is 24.2. The summed E-state index contributed by atoms with van der Waals surface area (Å²) >= 11 is 6.11. The molecule has 9 nitrogen and oxygen atoms in total. The van der Waals surface area contributed by atoms with Crippen molar-refractivity contribution in [1.29, 1.82) is 0 Å². The molecule has 1 aliphatic heterocycles. The Bertz CT molecular complexity index is 1370. The predicted molar refractivity (Wildman–Crippen MR) is 123 cm³/mol. The number of cyclic esters (lactones) is 1. The Morgan fingerprint density at radius 1 is 1.09 bits per heavy atom. The van der Waals surface area contributed by atoms with E-state index in [0.717, 1.165) is 0 Å². The van der Waals surface area contributed by atoms with Crippen LogP contribution in [0.5, 0.6) is 11.5 Å². The second-order valence-electron chi connectivity index (χ2n) is 6.92. The fourth-order valence-corrected chi connectivity index (χ4v) is 3.26. The van der Waals surface area contributed by atoms with Crippen molar-refractivity contribution in [1.82, 2.24) is 0 Å². The van der Waals surface area contributed by atoms with Gasteiger partial charge in [-0.1, -0.05) is 35.9 Å². The molecule has 10 heteroatoms. The van der Waals surface area contributed by atoms with Crippen LogP contribution in [0, 0.1) is 10.1 Å².